The lowest BCUT2D eigenvalue weighted by Gasteiger charge is -2.21. The maximum absolute atomic E-state index is 9.92. The summed E-state index contributed by atoms with van der Waals surface area (Å²) in [6.45, 7) is 0. The minimum atomic E-state index is -0.113. The van der Waals surface area contributed by atoms with Crippen molar-refractivity contribution in [2.75, 3.05) is 0 Å². The van der Waals surface area contributed by atoms with E-state index in [0.29, 0.717) is 10.9 Å². The SMILES string of the molecule is N[C@H](c1cc(Br)cc(Cl)c1O)C1CCCC1. The molecule has 88 valence electrons. The summed E-state index contributed by atoms with van der Waals surface area (Å²) in [4.78, 5) is 0. The Morgan fingerprint density at radius 2 is 2.00 bits per heavy atom. The highest BCUT2D eigenvalue weighted by Crippen LogP contribution is 2.40. The number of phenols is 1. The van der Waals surface area contributed by atoms with Crippen LogP contribution < -0.4 is 5.73 Å². The Morgan fingerprint density at radius 1 is 1.38 bits per heavy atom. The van der Waals surface area contributed by atoms with Gasteiger partial charge in [0, 0.05) is 16.1 Å². The second-order valence-corrected chi connectivity index (χ2v) is 5.72. The van der Waals surface area contributed by atoms with Crippen LogP contribution in [0.1, 0.15) is 37.3 Å². The highest BCUT2D eigenvalue weighted by atomic mass is 79.9. The summed E-state index contributed by atoms with van der Waals surface area (Å²) in [6, 6.07) is 3.43. The first-order chi connectivity index (χ1) is 7.59. The molecule has 0 bridgehead atoms. The van der Waals surface area contributed by atoms with Crippen molar-refractivity contribution >= 4 is 27.5 Å². The van der Waals surface area contributed by atoms with Crippen molar-refractivity contribution in [3.63, 3.8) is 0 Å². The number of nitrogens with two attached hydrogens (primary N) is 1. The first-order valence-corrected chi connectivity index (χ1v) is 6.70. The Labute approximate surface area is 109 Å². The number of benzene rings is 1. The Kier molecular flexibility index (Phi) is 3.77. The van der Waals surface area contributed by atoms with Gasteiger partial charge in [-0.3, -0.25) is 0 Å². The topological polar surface area (TPSA) is 46.2 Å². The molecule has 0 radical (unpaired) electrons. The second-order valence-electron chi connectivity index (χ2n) is 4.40. The monoisotopic (exact) mass is 303 g/mol. The molecule has 1 aliphatic rings. The molecule has 4 heteroatoms. The average Bonchev–Trinajstić information content (AvgIpc) is 2.75. The molecule has 0 aliphatic heterocycles. The Balaban J connectivity index is 2.31. The molecule has 1 atom stereocenters. The third-order valence-corrected chi connectivity index (χ3v) is 4.07. The summed E-state index contributed by atoms with van der Waals surface area (Å²) in [6.07, 6.45) is 4.76. The minimum absolute atomic E-state index is 0.113. The van der Waals surface area contributed by atoms with Crippen LogP contribution in [0.25, 0.3) is 0 Å². The van der Waals surface area contributed by atoms with Crippen LogP contribution in [0.15, 0.2) is 16.6 Å². The fraction of sp³-hybridized carbons (Fsp3) is 0.500. The van der Waals surface area contributed by atoms with E-state index in [1.807, 2.05) is 6.07 Å². The van der Waals surface area contributed by atoms with E-state index in [0.717, 1.165) is 22.9 Å². The van der Waals surface area contributed by atoms with Crippen LogP contribution in [0.5, 0.6) is 5.75 Å². The Hall–Kier alpha value is -0.250. The standard InChI is InChI=1S/C12H15BrClNO/c13-8-5-9(12(16)10(14)6-8)11(15)7-3-1-2-4-7/h5-7,11,16H,1-4,15H2/t11-/m0/s1. The van der Waals surface area contributed by atoms with Crippen LogP contribution >= 0.6 is 27.5 Å². The van der Waals surface area contributed by atoms with Gasteiger partial charge < -0.3 is 10.8 Å². The van der Waals surface area contributed by atoms with Crippen molar-refractivity contribution < 1.29 is 5.11 Å². The van der Waals surface area contributed by atoms with E-state index < -0.39 is 0 Å². The van der Waals surface area contributed by atoms with Crippen LogP contribution in [-0.2, 0) is 0 Å². The van der Waals surface area contributed by atoms with E-state index in [4.69, 9.17) is 17.3 Å². The molecular weight excluding hydrogens is 289 g/mol. The van der Waals surface area contributed by atoms with E-state index in [1.54, 1.807) is 6.07 Å². The molecule has 1 aromatic carbocycles. The number of phenolic OH excluding ortho intramolecular Hbond substituents is 1. The van der Waals surface area contributed by atoms with E-state index in [9.17, 15) is 5.11 Å². The zero-order valence-corrected chi connectivity index (χ0v) is 11.3. The van der Waals surface area contributed by atoms with Crippen LogP contribution in [0, 0.1) is 5.92 Å². The molecule has 1 aliphatic carbocycles. The van der Waals surface area contributed by atoms with Gasteiger partial charge in [0.25, 0.3) is 0 Å². The quantitative estimate of drug-likeness (QED) is 0.867. The number of hydrogen-bond donors (Lipinski definition) is 2. The predicted molar refractivity (Wildman–Crippen MR) is 69.7 cm³/mol. The van der Waals surface area contributed by atoms with Crippen LogP contribution in [0.3, 0.4) is 0 Å². The molecule has 0 saturated heterocycles. The van der Waals surface area contributed by atoms with Crippen LogP contribution in [0.2, 0.25) is 5.02 Å². The third-order valence-electron chi connectivity index (χ3n) is 3.32. The molecule has 1 aromatic rings. The first kappa shape index (κ1) is 12.2. The van der Waals surface area contributed by atoms with Crippen molar-refractivity contribution in [3.05, 3.63) is 27.2 Å². The van der Waals surface area contributed by atoms with E-state index in [2.05, 4.69) is 15.9 Å². The van der Waals surface area contributed by atoms with Gasteiger partial charge in [0.05, 0.1) is 5.02 Å². The Bertz CT molecular complexity index is 391. The molecule has 1 fully saturated rings. The lowest BCUT2D eigenvalue weighted by atomic mass is 9.92. The van der Waals surface area contributed by atoms with Crippen molar-refractivity contribution in [1.82, 2.24) is 0 Å². The highest BCUT2D eigenvalue weighted by molar-refractivity contribution is 9.10. The number of hydrogen-bond acceptors (Lipinski definition) is 2. The molecule has 1 saturated carbocycles. The third kappa shape index (κ3) is 2.36. The van der Waals surface area contributed by atoms with Crippen molar-refractivity contribution in [1.29, 1.82) is 0 Å². The molecule has 0 heterocycles. The van der Waals surface area contributed by atoms with Crippen LogP contribution in [0.4, 0.5) is 0 Å². The van der Waals surface area contributed by atoms with Gasteiger partial charge in [-0.2, -0.15) is 0 Å². The fourth-order valence-electron chi connectivity index (χ4n) is 2.41. The lowest BCUT2D eigenvalue weighted by molar-refractivity contribution is 0.412. The molecule has 16 heavy (non-hydrogen) atoms. The second kappa shape index (κ2) is 4.94. The van der Waals surface area contributed by atoms with Gasteiger partial charge in [-0.15, -0.1) is 0 Å². The van der Waals surface area contributed by atoms with Crippen LogP contribution in [-0.4, -0.2) is 5.11 Å². The molecule has 2 rings (SSSR count). The smallest absolute Gasteiger partial charge is 0.139 e. The van der Waals surface area contributed by atoms with Crippen molar-refractivity contribution in [2.45, 2.75) is 31.7 Å². The summed E-state index contributed by atoms with van der Waals surface area (Å²) < 4.78 is 0.860. The average molecular weight is 305 g/mol. The maximum Gasteiger partial charge on any atom is 0.139 e. The number of aromatic hydroxyl groups is 1. The predicted octanol–water partition coefficient (Wildman–Crippen LogP) is 4.00. The normalized spacial score (nSPS) is 18.9. The van der Waals surface area contributed by atoms with E-state index in [-0.39, 0.29) is 11.8 Å². The molecule has 0 amide bonds. The van der Waals surface area contributed by atoms with Gasteiger partial charge in [0.15, 0.2) is 0 Å². The number of halogens is 2. The largest absolute Gasteiger partial charge is 0.506 e. The highest BCUT2D eigenvalue weighted by Gasteiger charge is 2.26. The molecule has 0 spiro atoms. The van der Waals surface area contributed by atoms with Gasteiger partial charge in [-0.25, -0.2) is 0 Å². The summed E-state index contributed by atoms with van der Waals surface area (Å²) in [7, 11) is 0. The summed E-state index contributed by atoms with van der Waals surface area (Å²) in [5.41, 5.74) is 6.96. The van der Waals surface area contributed by atoms with Gasteiger partial charge in [0.2, 0.25) is 0 Å². The van der Waals surface area contributed by atoms with Gasteiger partial charge in [-0.05, 0) is 30.9 Å². The maximum atomic E-state index is 9.92. The van der Waals surface area contributed by atoms with Crippen molar-refractivity contribution in [2.24, 2.45) is 11.7 Å². The van der Waals surface area contributed by atoms with E-state index in [1.165, 1.54) is 12.8 Å². The van der Waals surface area contributed by atoms with Crippen molar-refractivity contribution in [3.8, 4) is 5.75 Å². The molecule has 2 nitrogen and oxygen atoms in total. The van der Waals surface area contributed by atoms with Gasteiger partial charge in [0.1, 0.15) is 5.75 Å². The summed E-state index contributed by atoms with van der Waals surface area (Å²) in [5.74, 6) is 0.598. The zero-order chi connectivity index (χ0) is 11.7. The lowest BCUT2D eigenvalue weighted by Crippen LogP contribution is -2.19. The zero-order valence-electron chi connectivity index (χ0n) is 8.92. The van der Waals surface area contributed by atoms with Gasteiger partial charge >= 0.3 is 0 Å². The van der Waals surface area contributed by atoms with E-state index >= 15 is 0 Å². The fourth-order valence-corrected chi connectivity index (χ4v) is 3.24. The molecule has 0 aromatic heterocycles. The molecule has 0 unspecified atom stereocenters. The first-order valence-electron chi connectivity index (χ1n) is 5.53. The molecule has 3 N–H and O–H groups in total. The van der Waals surface area contributed by atoms with Gasteiger partial charge in [-0.1, -0.05) is 40.4 Å². The number of rotatable bonds is 2. The Morgan fingerprint density at radius 3 is 2.62 bits per heavy atom. The minimum Gasteiger partial charge on any atom is -0.506 e. The summed E-state index contributed by atoms with van der Waals surface area (Å²) in [5, 5.41) is 10.3. The molecular formula is C12H15BrClNO. The summed E-state index contributed by atoms with van der Waals surface area (Å²) >= 11 is 9.31.